The van der Waals surface area contributed by atoms with Gasteiger partial charge in [0.2, 0.25) is 5.43 Å². The van der Waals surface area contributed by atoms with Gasteiger partial charge in [0.05, 0.1) is 6.04 Å². The summed E-state index contributed by atoms with van der Waals surface area (Å²) in [6.07, 6.45) is 5.06. The number of carbonyl (C=O) groups is 1. The van der Waals surface area contributed by atoms with E-state index in [1.165, 1.54) is 18.5 Å². The van der Waals surface area contributed by atoms with Crippen molar-refractivity contribution in [1.29, 1.82) is 0 Å². The summed E-state index contributed by atoms with van der Waals surface area (Å²) in [5, 5.41) is 9.23. The van der Waals surface area contributed by atoms with Crippen LogP contribution in [-0.2, 0) is 11.3 Å². The molecule has 3 N–H and O–H groups in total. The van der Waals surface area contributed by atoms with E-state index in [-0.39, 0.29) is 18.1 Å². The Bertz CT molecular complexity index is 440. The maximum atomic E-state index is 11.6. The number of nitrogens with two attached hydrogens (primary N) is 1. The number of Topliss-reactive ketones (excluding diaryl/α,β-unsaturated/α-hetero) is 1. The van der Waals surface area contributed by atoms with Gasteiger partial charge in [-0.15, -0.1) is 0 Å². The molecule has 0 aromatic carbocycles. The summed E-state index contributed by atoms with van der Waals surface area (Å²) in [4.78, 5) is 22.6. The van der Waals surface area contributed by atoms with E-state index in [0.29, 0.717) is 6.42 Å². The van der Waals surface area contributed by atoms with Crippen molar-refractivity contribution in [3.05, 3.63) is 28.7 Å². The van der Waals surface area contributed by atoms with Gasteiger partial charge in [0, 0.05) is 31.4 Å². The van der Waals surface area contributed by atoms with Crippen molar-refractivity contribution >= 4 is 5.78 Å². The molecule has 1 aromatic heterocycles. The molecule has 5 nitrogen and oxygen atoms in total. The second-order valence-electron chi connectivity index (χ2n) is 4.07. The normalized spacial score (nSPS) is 12.4. The molecule has 17 heavy (non-hydrogen) atoms. The molecule has 1 atom stereocenters. The quantitative estimate of drug-likeness (QED) is 0.761. The lowest BCUT2D eigenvalue weighted by Gasteiger charge is -2.12. The van der Waals surface area contributed by atoms with Gasteiger partial charge in [-0.3, -0.25) is 9.59 Å². The highest BCUT2D eigenvalue weighted by Gasteiger charge is 2.13. The number of rotatable bonds is 6. The molecule has 0 fully saturated rings. The Hall–Kier alpha value is -1.62. The van der Waals surface area contributed by atoms with E-state index in [1.807, 2.05) is 6.92 Å². The summed E-state index contributed by atoms with van der Waals surface area (Å²) in [5.74, 6) is -0.328. The standard InChI is InChI=1S/C12H18N2O3/c1-2-3-4-10(15)9(13)7-14-6-5-11(16)12(17)8-14/h5-6,8-9,17H,2-4,7,13H2,1H3/t9-/m0/s1. The minimum absolute atomic E-state index is 0.00467. The second kappa shape index (κ2) is 6.20. The first kappa shape index (κ1) is 13.4. The lowest BCUT2D eigenvalue weighted by atomic mass is 10.1. The SMILES string of the molecule is CCCCC(=O)[C@@H](N)Cn1ccc(=O)c(O)c1. The Morgan fingerprint density at radius 3 is 2.88 bits per heavy atom. The Kier molecular flexibility index (Phi) is 4.90. The molecule has 1 rings (SSSR count). The number of aromatic nitrogens is 1. The number of hydrogen-bond donors (Lipinski definition) is 2. The average molecular weight is 238 g/mol. The molecule has 0 bridgehead atoms. The van der Waals surface area contributed by atoms with Gasteiger partial charge in [0.1, 0.15) is 0 Å². The lowest BCUT2D eigenvalue weighted by molar-refractivity contribution is -0.120. The van der Waals surface area contributed by atoms with Crippen molar-refractivity contribution < 1.29 is 9.90 Å². The highest BCUT2D eigenvalue weighted by molar-refractivity contribution is 5.83. The van der Waals surface area contributed by atoms with Gasteiger partial charge in [-0.2, -0.15) is 0 Å². The predicted octanol–water partition coefficient (Wildman–Crippen LogP) is 0.641. The molecule has 0 spiro atoms. The molecule has 5 heteroatoms. The predicted molar refractivity (Wildman–Crippen MR) is 64.9 cm³/mol. The number of unbranched alkanes of at least 4 members (excludes halogenated alkanes) is 1. The van der Waals surface area contributed by atoms with Crippen molar-refractivity contribution in [2.75, 3.05) is 0 Å². The number of pyridine rings is 1. The zero-order valence-corrected chi connectivity index (χ0v) is 9.93. The third-order valence-electron chi connectivity index (χ3n) is 2.56. The van der Waals surface area contributed by atoms with E-state index >= 15 is 0 Å². The number of nitrogens with zero attached hydrogens (tertiary/aromatic N) is 1. The Labute approximate surface area is 99.9 Å². The monoisotopic (exact) mass is 238 g/mol. The summed E-state index contributed by atoms with van der Waals surface area (Å²) in [6, 6.07) is 0.655. The minimum Gasteiger partial charge on any atom is -0.503 e. The molecule has 1 heterocycles. The first-order chi connectivity index (χ1) is 8.04. The fourth-order valence-corrected chi connectivity index (χ4v) is 1.49. The summed E-state index contributed by atoms with van der Waals surface area (Å²) in [7, 11) is 0. The minimum atomic E-state index is -0.594. The third kappa shape index (κ3) is 4.03. The van der Waals surface area contributed by atoms with Crippen LogP contribution >= 0.6 is 0 Å². The van der Waals surface area contributed by atoms with E-state index in [2.05, 4.69) is 0 Å². The largest absolute Gasteiger partial charge is 0.503 e. The molecule has 0 unspecified atom stereocenters. The fourth-order valence-electron chi connectivity index (χ4n) is 1.49. The van der Waals surface area contributed by atoms with Crippen molar-refractivity contribution in [2.45, 2.75) is 38.8 Å². The third-order valence-corrected chi connectivity index (χ3v) is 2.56. The first-order valence-electron chi connectivity index (χ1n) is 5.72. The van der Waals surface area contributed by atoms with E-state index in [4.69, 9.17) is 5.73 Å². The van der Waals surface area contributed by atoms with E-state index < -0.39 is 11.5 Å². The molecule has 94 valence electrons. The Balaban J connectivity index is 2.61. The number of aromatic hydroxyl groups is 1. The van der Waals surface area contributed by atoms with Crippen molar-refractivity contribution in [3.8, 4) is 5.75 Å². The van der Waals surface area contributed by atoms with Crippen LogP contribution in [0.15, 0.2) is 23.3 Å². The van der Waals surface area contributed by atoms with Crippen molar-refractivity contribution in [2.24, 2.45) is 5.73 Å². The summed E-state index contributed by atoms with van der Waals surface area (Å²) >= 11 is 0. The van der Waals surface area contributed by atoms with Crippen molar-refractivity contribution in [1.82, 2.24) is 4.57 Å². The molecular weight excluding hydrogens is 220 g/mol. The zero-order valence-electron chi connectivity index (χ0n) is 9.93. The second-order valence-corrected chi connectivity index (χ2v) is 4.07. The summed E-state index contributed by atoms with van der Waals surface area (Å²) in [5.41, 5.74) is 5.31. The summed E-state index contributed by atoms with van der Waals surface area (Å²) < 4.78 is 1.55. The molecular formula is C12H18N2O3. The van der Waals surface area contributed by atoms with Gasteiger partial charge >= 0.3 is 0 Å². The van der Waals surface area contributed by atoms with Crippen LogP contribution in [-0.4, -0.2) is 21.5 Å². The van der Waals surface area contributed by atoms with Crippen LogP contribution in [0.25, 0.3) is 0 Å². The molecule has 0 radical (unpaired) electrons. The van der Waals surface area contributed by atoms with E-state index in [9.17, 15) is 14.7 Å². The highest BCUT2D eigenvalue weighted by atomic mass is 16.3. The fraction of sp³-hybridized carbons (Fsp3) is 0.500. The van der Waals surface area contributed by atoms with Crippen LogP contribution in [0, 0.1) is 0 Å². The van der Waals surface area contributed by atoms with Crippen LogP contribution in [0.2, 0.25) is 0 Å². The van der Waals surface area contributed by atoms with Crippen LogP contribution in [0.5, 0.6) is 5.75 Å². The molecule has 0 saturated heterocycles. The first-order valence-corrected chi connectivity index (χ1v) is 5.72. The molecule has 0 amide bonds. The van der Waals surface area contributed by atoms with Crippen molar-refractivity contribution in [3.63, 3.8) is 0 Å². The van der Waals surface area contributed by atoms with Gasteiger partial charge in [-0.25, -0.2) is 0 Å². The van der Waals surface area contributed by atoms with Crippen LogP contribution in [0.4, 0.5) is 0 Å². The lowest BCUT2D eigenvalue weighted by Crippen LogP contribution is -2.34. The Morgan fingerprint density at radius 2 is 2.29 bits per heavy atom. The molecule has 0 aliphatic carbocycles. The van der Waals surface area contributed by atoms with Crippen LogP contribution < -0.4 is 11.2 Å². The van der Waals surface area contributed by atoms with Gasteiger partial charge in [-0.1, -0.05) is 13.3 Å². The smallest absolute Gasteiger partial charge is 0.223 e. The van der Waals surface area contributed by atoms with Crippen LogP contribution in [0.3, 0.4) is 0 Å². The highest BCUT2D eigenvalue weighted by Crippen LogP contribution is 2.03. The topological polar surface area (TPSA) is 85.3 Å². The van der Waals surface area contributed by atoms with E-state index in [0.717, 1.165) is 12.8 Å². The maximum Gasteiger partial charge on any atom is 0.223 e. The average Bonchev–Trinajstić information content (AvgIpc) is 2.30. The number of ketones is 1. The number of carbonyl (C=O) groups excluding carboxylic acids is 1. The van der Waals surface area contributed by atoms with Gasteiger partial charge in [0.25, 0.3) is 0 Å². The van der Waals surface area contributed by atoms with Gasteiger partial charge < -0.3 is 15.4 Å². The van der Waals surface area contributed by atoms with E-state index in [1.54, 1.807) is 4.57 Å². The maximum absolute atomic E-state index is 11.6. The molecule has 0 saturated carbocycles. The molecule has 0 aliphatic rings. The summed E-state index contributed by atoms with van der Waals surface area (Å²) in [6.45, 7) is 2.29. The van der Waals surface area contributed by atoms with Gasteiger partial charge in [-0.05, 0) is 6.42 Å². The van der Waals surface area contributed by atoms with Gasteiger partial charge in [0.15, 0.2) is 11.5 Å². The zero-order chi connectivity index (χ0) is 12.8. The molecule has 1 aromatic rings. The van der Waals surface area contributed by atoms with Crippen LogP contribution in [0.1, 0.15) is 26.2 Å². The number of hydrogen-bond acceptors (Lipinski definition) is 4. The molecule has 0 aliphatic heterocycles. The Morgan fingerprint density at radius 1 is 1.59 bits per heavy atom.